The molecule has 0 aliphatic heterocycles. The van der Waals surface area contributed by atoms with E-state index in [0.29, 0.717) is 0 Å². The Morgan fingerprint density at radius 3 is 0.676 bits per heavy atom. The third-order valence-corrected chi connectivity index (χ3v) is 33.2. The molecule has 0 aliphatic rings. The van der Waals surface area contributed by atoms with Crippen LogP contribution in [0.5, 0.6) is 0 Å². The predicted molar refractivity (Wildman–Crippen MR) is 486 cm³/mol. The molecule has 9 aromatic rings. The minimum Gasteiger partial charge on any atom is -0.376 e. The Morgan fingerprint density at radius 1 is 0.250 bits per heavy atom. The lowest BCUT2D eigenvalue weighted by molar-refractivity contribution is 0.122. The number of benzene rings is 7. The lowest BCUT2D eigenvalue weighted by Crippen LogP contribution is -2.34. The summed E-state index contributed by atoms with van der Waals surface area (Å²) in [6, 6.07) is 60.3. The zero-order chi connectivity index (χ0) is 76.5. The topological polar surface area (TPSA) is 40.5 Å². The van der Waals surface area contributed by atoms with Gasteiger partial charge in [0.15, 0.2) is 0 Å². The summed E-state index contributed by atoms with van der Waals surface area (Å²) in [7, 11) is -3.36. The van der Waals surface area contributed by atoms with E-state index in [4.69, 9.17) is 0 Å². The molecule has 586 valence electrons. The fourth-order valence-corrected chi connectivity index (χ4v) is 22.7. The van der Waals surface area contributed by atoms with Gasteiger partial charge in [-0.2, -0.15) is 0 Å². The molecule has 0 saturated carbocycles. The van der Waals surface area contributed by atoms with Gasteiger partial charge in [-0.1, -0.05) is 419 Å². The Balaban J connectivity index is 1.20. The molecule has 2 heterocycles. The van der Waals surface area contributed by atoms with Gasteiger partial charge in [0.2, 0.25) is 0 Å². The van der Waals surface area contributed by atoms with E-state index in [1.165, 1.54) is 308 Å². The Kier molecular flexibility index (Phi) is 36.6. The maximum atomic E-state index is 15.1. The molecule has 0 radical (unpaired) electrons. The molecule has 2 N–H and O–H groups in total. The molecule has 6 heteroatoms. The van der Waals surface area contributed by atoms with E-state index >= 15 is 10.2 Å². The summed E-state index contributed by atoms with van der Waals surface area (Å²) in [4.78, 5) is 0. The molecule has 0 aliphatic carbocycles. The van der Waals surface area contributed by atoms with E-state index in [-0.39, 0.29) is 0 Å². The van der Waals surface area contributed by atoms with Gasteiger partial charge in [-0.05, 0) is 174 Å². The van der Waals surface area contributed by atoms with Crippen LogP contribution in [0.15, 0.2) is 158 Å². The Hall–Kier alpha value is -5.19. The molecule has 2 aromatic heterocycles. The molecule has 0 saturated heterocycles. The molecule has 9 rings (SSSR count). The fourth-order valence-electron chi connectivity index (χ4n) is 16.7. The molecule has 0 bridgehead atoms. The number of hydrogen-bond acceptors (Lipinski definition) is 4. The van der Waals surface area contributed by atoms with Crippen molar-refractivity contribution in [2.24, 2.45) is 0 Å². The van der Waals surface area contributed by atoms with E-state index in [0.717, 1.165) is 81.3 Å². The SMILES string of the molecule is CCCCCCCCCCCCc1ccc(C(O)(c2ccc(CCCCCCCCCCCC)cc2)c2cc(-c3ccc4cc([Si](C)(C)C)sc4c3)c(C(O)(c3ccc(CCCCCCCCCCCC)cc3)c3ccc(CCCCCCCCCCCC)cc3)cc2-c2ccc3cc([Si](C)(C)C)sc3c2)cc1. The zero-order valence-corrected chi connectivity index (χ0v) is 73.5. The summed E-state index contributed by atoms with van der Waals surface area (Å²) >= 11 is 3.89. The average molecular weight is 1520 g/mol. The first-order valence-electron chi connectivity index (χ1n) is 44.6. The van der Waals surface area contributed by atoms with Crippen molar-refractivity contribution >= 4 is 68.0 Å². The molecular weight excluding hydrogens is 1380 g/mol. The highest BCUT2D eigenvalue weighted by atomic mass is 32.1. The number of unbranched alkanes of at least 4 members (excludes halogenated alkanes) is 36. The fraction of sp³-hybridized carbons (Fsp3) is 0.549. The summed E-state index contributed by atoms with van der Waals surface area (Å²) in [5, 5.41) is 32.8. The molecule has 0 spiro atoms. The van der Waals surface area contributed by atoms with Gasteiger partial charge in [0, 0.05) is 20.5 Å². The van der Waals surface area contributed by atoms with Gasteiger partial charge in [0.25, 0.3) is 0 Å². The van der Waals surface area contributed by atoms with Crippen LogP contribution in [0.3, 0.4) is 0 Å². The monoisotopic (exact) mass is 1520 g/mol. The van der Waals surface area contributed by atoms with Crippen LogP contribution in [0.25, 0.3) is 42.4 Å². The molecule has 108 heavy (non-hydrogen) atoms. The molecule has 0 fully saturated rings. The van der Waals surface area contributed by atoms with Gasteiger partial charge in [-0.25, -0.2) is 0 Å². The van der Waals surface area contributed by atoms with Crippen LogP contribution in [-0.2, 0) is 36.9 Å². The van der Waals surface area contributed by atoms with Crippen molar-refractivity contribution in [1.82, 2.24) is 0 Å². The van der Waals surface area contributed by atoms with Crippen molar-refractivity contribution in [2.75, 3.05) is 0 Å². The molecule has 0 unspecified atom stereocenters. The first kappa shape index (κ1) is 86.8. The van der Waals surface area contributed by atoms with E-state index in [1.54, 1.807) is 0 Å². The first-order chi connectivity index (χ1) is 52.5. The minimum atomic E-state index is -1.68. The Labute approximate surface area is 669 Å². The number of aryl methyl sites for hydroxylation is 4. The number of hydrogen-bond donors (Lipinski definition) is 2. The summed E-state index contributed by atoms with van der Waals surface area (Å²) < 4.78 is 5.49. The number of fused-ring (bicyclic) bond motifs is 2. The largest absolute Gasteiger partial charge is 0.376 e. The Morgan fingerprint density at radius 2 is 0.463 bits per heavy atom. The van der Waals surface area contributed by atoms with Crippen LogP contribution in [0.2, 0.25) is 39.3 Å². The second kappa shape index (κ2) is 45.5. The molecule has 2 nitrogen and oxygen atoms in total. The van der Waals surface area contributed by atoms with Crippen molar-refractivity contribution < 1.29 is 10.2 Å². The lowest BCUT2D eigenvalue weighted by atomic mass is 9.71. The standard InChI is InChI=1S/C102H146O2S2Si2/c1-11-15-19-23-27-31-35-39-43-47-51-81-55-67-89(68-56-81)101(103,90-69-57-82(58-70-90)52-48-44-40-36-32-28-24-20-16-12-2)95-79-94(86-64-66-88-78-100(108(8,9)10)106-98(88)76-86)96(80-93(95)85-63-65-87-77-99(107(5,6)7)105-97(87)75-85)102(104,91-71-59-83(60-72-91)53-49-45-41-37-33-29-25-21-17-13-3)92-73-61-84(62-74-92)54-50-46-42-38-34-30-26-22-18-14-4/h55-80,103-104H,11-54H2,1-10H3. The van der Waals surface area contributed by atoms with Crippen molar-refractivity contribution in [3.05, 3.63) is 213 Å². The summed E-state index contributed by atoms with van der Waals surface area (Å²) in [6.45, 7) is 24.0. The van der Waals surface area contributed by atoms with E-state index in [2.05, 4.69) is 225 Å². The smallest absolute Gasteiger partial charge is 0.141 e. The van der Waals surface area contributed by atoms with Crippen LogP contribution >= 0.6 is 22.7 Å². The maximum Gasteiger partial charge on any atom is 0.141 e. The van der Waals surface area contributed by atoms with E-state index in [9.17, 15) is 0 Å². The number of thiophene rings is 2. The van der Waals surface area contributed by atoms with Crippen LogP contribution in [-0.4, -0.2) is 26.4 Å². The Bertz CT molecular complexity index is 3590. The zero-order valence-electron chi connectivity index (χ0n) is 69.8. The highest BCUT2D eigenvalue weighted by molar-refractivity contribution is 7.32. The predicted octanol–water partition coefficient (Wildman–Crippen LogP) is 31.0. The lowest BCUT2D eigenvalue weighted by Gasteiger charge is -2.37. The normalized spacial score (nSPS) is 12.4. The van der Waals surface area contributed by atoms with Crippen molar-refractivity contribution in [3.63, 3.8) is 0 Å². The quantitative estimate of drug-likeness (QED) is 0.0227. The van der Waals surface area contributed by atoms with E-state index in [1.807, 2.05) is 22.7 Å². The van der Waals surface area contributed by atoms with Crippen LogP contribution in [0.4, 0.5) is 0 Å². The van der Waals surface area contributed by atoms with Gasteiger partial charge in [0.1, 0.15) is 11.2 Å². The van der Waals surface area contributed by atoms with Crippen LogP contribution < -0.4 is 9.00 Å². The molecule has 7 aromatic carbocycles. The van der Waals surface area contributed by atoms with Crippen molar-refractivity contribution in [3.8, 4) is 22.3 Å². The second-order valence-electron chi connectivity index (χ2n) is 35.1. The number of rotatable bonds is 54. The summed E-state index contributed by atoms with van der Waals surface area (Å²) in [5.74, 6) is 0. The molecule has 0 amide bonds. The molecular formula is C102H146O2S2Si2. The van der Waals surface area contributed by atoms with Gasteiger partial charge < -0.3 is 10.2 Å². The highest BCUT2D eigenvalue weighted by Gasteiger charge is 2.42. The van der Waals surface area contributed by atoms with Crippen LogP contribution in [0, 0.1) is 0 Å². The first-order valence-corrected chi connectivity index (χ1v) is 53.2. The van der Waals surface area contributed by atoms with Crippen molar-refractivity contribution in [1.29, 1.82) is 0 Å². The van der Waals surface area contributed by atoms with Gasteiger partial charge in [-0.3, -0.25) is 0 Å². The second-order valence-corrected chi connectivity index (χ2v) is 48.1. The third kappa shape index (κ3) is 25.9. The van der Waals surface area contributed by atoms with E-state index < -0.39 is 27.3 Å². The van der Waals surface area contributed by atoms with Gasteiger partial charge in [0.05, 0.1) is 16.1 Å². The average Bonchev–Trinajstić information content (AvgIpc) is 0.885. The summed E-state index contributed by atoms with van der Waals surface area (Å²) in [6.07, 6.45) is 56.8. The maximum absolute atomic E-state index is 15.1. The summed E-state index contributed by atoms with van der Waals surface area (Å²) in [5.41, 5.74) is 11.0. The minimum absolute atomic E-state index is 0.822. The highest BCUT2D eigenvalue weighted by Crippen LogP contribution is 2.51. The van der Waals surface area contributed by atoms with Gasteiger partial charge >= 0.3 is 0 Å². The molecule has 0 atom stereocenters. The van der Waals surface area contributed by atoms with Crippen LogP contribution in [0.1, 0.15) is 340 Å². The van der Waals surface area contributed by atoms with Crippen molar-refractivity contribution in [2.45, 2.75) is 361 Å². The third-order valence-electron chi connectivity index (χ3n) is 23.8. The van der Waals surface area contributed by atoms with Gasteiger partial charge in [-0.15, -0.1) is 22.7 Å². The number of aliphatic hydroxyl groups is 2.